The number of hydroxylamine groups is 1. The van der Waals surface area contributed by atoms with E-state index < -0.39 is 3.12 Å². The van der Waals surface area contributed by atoms with Gasteiger partial charge in [-0.25, -0.2) is 0 Å². The molecule has 0 bridgehead atoms. The number of halogens is 3. The summed E-state index contributed by atoms with van der Waals surface area (Å²) >= 11 is 17.5. The van der Waals surface area contributed by atoms with Gasteiger partial charge in [0, 0.05) is 18.5 Å². The van der Waals surface area contributed by atoms with E-state index in [-0.39, 0.29) is 0 Å². The molecule has 1 saturated heterocycles. The van der Waals surface area contributed by atoms with E-state index in [1.165, 1.54) is 0 Å². The van der Waals surface area contributed by atoms with Gasteiger partial charge < -0.3 is 0 Å². The van der Waals surface area contributed by atoms with Crippen molar-refractivity contribution in [1.82, 2.24) is 4.47 Å². The summed E-state index contributed by atoms with van der Waals surface area (Å²) in [5.74, 6) is 0. The topological polar surface area (TPSA) is 12.5 Å². The minimum atomic E-state index is -1.30. The van der Waals surface area contributed by atoms with E-state index in [1.807, 2.05) is 0 Å². The van der Waals surface area contributed by atoms with E-state index in [0.717, 1.165) is 24.9 Å². The zero-order valence-corrected chi connectivity index (χ0v) is 8.10. The average molecular weight is 223 g/mol. The van der Waals surface area contributed by atoms with E-state index in [1.54, 1.807) is 4.47 Å². The predicted octanol–water partition coefficient (Wildman–Crippen LogP) is 2.60. The molecule has 0 atom stereocenters. The summed E-state index contributed by atoms with van der Waals surface area (Å²) in [5, 5.41) is 0. The molecule has 0 aromatic rings. The molecule has 0 spiro atoms. The highest BCUT2D eigenvalue weighted by Gasteiger charge is 2.27. The van der Waals surface area contributed by atoms with Gasteiger partial charge in [0.25, 0.3) is 3.12 Å². The molecule has 0 radical (unpaired) electrons. The van der Waals surface area contributed by atoms with E-state index in [9.17, 15) is 0 Å². The summed E-state index contributed by atoms with van der Waals surface area (Å²) in [7, 11) is 0. The van der Waals surface area contributed by atoms with E-state index in [4.69, 9.17) is 39.6 Å². The molecule has 0 amide bonds. The summed E-state index contributed by atoms with van der Waals surface area (Å²) in [5.41, 5.74) is 0. The number of hydrogen-bond acceptors (Lipinski definition) is 3. The highest BCUT2D eigenvalue weighted by atomic mass is 35.6. The van der Waals surface area contributed by atoms with Crippen molar-refractivity contribution in [3.8, 4) is 0 Å². The molecule has 0 aromatic heterocycles. The van der Waals surface area contributed by atoms with Gasteiger partial charge in [-0.3, -0.25) is 4.84 Å². The van der Waals surface area contributed by atoms with Crippen LogP contribution in [-0.2, 0) is 4.84 Å². The highest BCUT2D eigenvalue weighted by Crippen LogP contribution is 2.41. The van der Waals surface area contributed by atoms with Crippen molar-refractivity contribution in [2.24, 2.45) is 0 Å². The maximum atomic E-state index is 5.49. The zero-order valence-electron chi connectivity index (χ0n) is 5.02. The van der Waals surface area contributed by atoms with Crippen LogP contribution in [0.15, 0.2) is 0 Å². The smallest absolute Gasteiger partial charge is 0.253 e. The first-order chi connectivity index (χ1) is 4.58. The first-order valence-corrected chi connectivity index (χ1v) is 4.65. The Labute approximate surface area is 78.8 Å². The van der Waals surface area contributed by atoms with Gasteiger partial charge in [-0.1, -0.05) is 34.8 Å². The van der Waals surface area contributed by atoms with Gasteiger partial charge in [-0.15, -0.1) is 4.47 Å². The molecule has 0 unspecified atom stereocenters. The third kappa shape index (κ3) is 3.51. The molecule has 6 heteroatoms. The first kappa shape index (κ1) is 9.23. The average Bonchev–Trinajstić information content (AvgIpc) is 2.12. The van der Waals surface area contributed by atoms with Gasteiger partial charge in [0.2, 0.25) is 0 Å². The minimum absolute atomic E-state index is 0.716. The van der Waals surface area contributed by atoms with Gasteiger partial charge in [-0.2, -0.15) is 0 Å². The van der Waals surface area contributed by atoms with E-state index in [0.29, 0.717) is 6.61 Å². The fourth-order valence-corrected chi connectivity index (χ4v) is 1.88. The predicted molar refractivity (Wildman–Crippen MR) is 45.2 cm³/mol. The van der Waals surface area contributed by atoms with E-state index in [2.05, 4.69) is 0 Å². The molecule has 0 N–H and O–H groups in total. The lowest BCUT2D eigenvalue weighted by Gasteiger charge is -2.16. The molecule has 1 fully saturated rings. The van der Waals surface area contributed by atoms with Crippen LogP contribution >= 0.6 is 46.8 Å². The monoisotopic (exact) mass is 221 g/mol. The molecular weight excluding hydrogens is 216 g/mol. The second-order valence-electron chi connectivity index (χ2n) is 1.78. The van der Waals surface area contributed by atoms with Gasteiger partial charge in [0.05, 0.1) is 6.61 Å². The maximum Gasteiger partial charge on any atom is 0.253 e. The normalized spacial score (nSPS) is 21.9. The van der Waals surface area contributed by atoms with Crippen LogP contribution in [0, 0.1) is 0 Å². The summed E-state index contributed by atoms with van der Waals surface area (Å²) in [6, 6.07) is 0. The van der Waals surface area contributed by atoms with Gasteiger partial charge in [0.1, 0.15) is 0 Å². The molecule has 60 valence electrons. The Morgan fingerprint density at radius 2 is 2.10 bits per heavy atom. The summed E-state index contributed by atoms with van der Waals surface area (Å²) in [4.78, 5) is 5.07. The Bertz CT molecular complexity index is 112. The molecule has 2 nitrogen and oxygen atoms in total. The van der Waals surface area contributed by atoms with Crippen molar-refractivity contribution < 1.29 is 4.84 Å². The van der Waals surface area contributed by atoms with Crippen molar-refractivity contribution in [2.75, 3.05) is 13.2 Å². The SMILES string of the molecule is ClC(Cl)(Cl)SN1CCCO1. The minimum Gasteiger partial charge on any atom is -0.288 e. The Balaban J connectivity index is 2.24. The molecule has 1 aliphatic heterocycles. The molecule has 0 aromatic carbocycles. The maximum absolute atomic E-state index is 5.49. The van der Waals surface area contributed by atoms with Crippen molar-refractivity contribution >= 4 is 46.8 Å². The van der Waals surface area contributed by atoms with Crippen molar-refractivity contribution in [2.45, 2.75) is 9.55 Å². The standard InChI is InChI=1S/C4H6Cl3NOS/c5-4(6,7)10-8-2-1-3-9-8/h1-3H2. The third-order valence-corrected chi connectivity index (χ3v) is 2.25. The fourth-order valence-electron chi connectivity index (χ4n) is 0.612. The molecule has 0 saturated carbocycles. The third-order valence-electron chi connectivity index (χ3n) is 0.926. The zero-order chi connectivity index (χ0) is 7.61. The first-order valence-electron chi connectivity index (χ1n) is 2.74. The Kier molecular flexibility index (Phi) is 3.41. The van der Waals surface area contributed by atoms with Crippen molar-refractivity contribution in [3.05, 3.63) is 0 Å². The molecule has 0 aliphatic carbocycles. The van der Waals surface area contributed by atoms with Gasteiger partial charge in [-0.05, 0) is 6.42 Å². The highest BCUT2D eigenvalue weighted by molar-refractivity contribution is 8.02. The van der Waals surface area contributed by atoms with Gasteiger partial charge >= 0.3 is 0 Å². The summed E-state index contributed by atoms with van der Waals surface area (Å²) in [6.07, 6.45) is 0.994. The van der Waals surface area contributed by atoms with Crippen LogP contribution < -0.4 is 0 Å². The quantitative estimate of drug-likeness (QED) is 0.500. The number of hydrogen-bond donors (Lipinski definition) is 0. The Morgan fingerprint density at radius 3 is 2.50 bits per heavy atom. The molecule has 10 heavy (non-hydrogen) atoms. The lowest BCUT2D eigenvalue weighted by atomic mass is 10.5. The Morgan fingerprint density at radius 1 is 1.40 bits per heavy atom. The van der Waals surface area contributed by atoms with Crippen LogP contribution in [0.25, 0.3) is 0 Å². The summed E-state index contributed by atoms with van der Waals surface area (Å²) in [6.45, 7) is 1.53. The van der Waals surface area contributed by atoms with Crippen LogP contribution in [0.5, 0.6) is 0 Å². The number of rotatable bonds is 1. The molecule has 1 aliphatic rings. The van der Waals surface area contributed by atoms with Crippen LogP contribution in [0.2, 0.25) is 0 Å². The molecule has 1 heterocycles. The second-order valence-corrected chi connectivity index (χ2v) is 5.94. The largest absolute Gasteiger partial charge is 0.288 e. The van der Waals surface area contributed by atoms with Crippen LogP contribution in [0.3, 0.4) is 0 Å². The van der Waals surface area contributed by atoms with Crippen LogP contribution in [0.4, 0.5) is 0 Å². The van der Waals surface area contributed by atoms with E-state index >= 15 is 0 Å². The number of alkyl halides is 3. The Hall–Kier alpha value is 1.14. The van der Waals surface area contributed by atoms with Gasteiger partial charge in [0.15, 0.2) is 0 Å². The molecular formula is C4H6Cl3NOS. The van der Waals surface area contributed by atoms with Crippen LogP contribution in [-0.4, -0.2) is 20.7 Å². The van der Waals surface area contributed by atoms with Crippen molar-refractivity contribution in [1.29, 1.82) is 0 Å². The summed E-state index contributed by atoms with van der Waals surface area (Å²) < 4.78 is 0.289. The van der Waals surface area contributed by atoms with Crippen molar-refractivity contribution in [3.63, 3.8) is 0 Å². The lowest BCUT2D eigenvalue weighted by molar-refractivity contribution is -0.0176. The lowest BCUT2D eigenvalue weighted by Crippen LogP contribution is -2.13. The second kappa shape index (κ2) is 3.70. The fraction of sp³-hybridized carbons (Fsp3) is 1.00. The molecule has 1 rings (SSSR count). The number of nitrogens with zero attached hydrogens (tertiary/aromatic N) is 1. The van der Waals surface area contributed by atoms with Crippen LogP contribution in [0.1, 0.15) is 6.42 Å².